The van der Waals surface area contributed by atoms with Crippen molar-refractivity contribution in [3.05, 3.63) is 17.9 Å². The molecular weight excluding hydrogens is 233 g/mol. The Morgan fingerprint density at radius 3 is 2.56 bits per heavy atom. The quantitative estimate of drug-likeness (QED) is 0.754. The molecule has 2 N–H and O–H groups in total. The summed E-state index contributed by atoms with van der Waals surface area (Å²) >= 11 is 0. The molecule has 0 saturated heterocycles. The number of benzene rings is 1. The van der Waals surface area contributed by atoms with Crippen molar-refractivity contribution in [2.24, 2.45) is 0 Å². The molecule has 18 heavy (non-hydrogen) atoms. The molecule has 0 spiro atoms. The molecule has 4 heteroatoms. The van der Waals surface area contributed by atoms with Gasteiger partial charge in [0.1, 0.15) is 5.75 Å². The van der Waals surface area contributed by atoms with Crippen LogP contribution in [0.5, 0.6) is 11.5 Å². The fourth-order valence-corrected chi connectivity index (χ4v) is 1.66. The second kappa shape index (κ2) is 7.09. The molecule has 0 aliphatic carbocycles. The van der Waals surface area contributed by atoms with Crippen LogP contribution in [0.15, 0.2) is 12.1 Å². The lowest BCUT2D eigenvalue weighted by molar-refractivity contribution is 0.209. The van der Waals surface area contributed by atoms with Gasteiger partial charge < -0.3 is 15.2 Å². The molecule has 1 aromatic rings. The van der Waals surface area contributed by atoms with Gasteiger partial charge in [-0.3, -0.25) is 0 Å². The summed E-state index contributed by atoms with van der Waals surface area (Å²) in [6.45, 7) is 6.50. The van der Waals surface area contributed by atoms with E-state index in [1.54, 1.807) is 0 Å². The monoisotopic (exact) mass is 255 g/mol. The summed E-state index contributed by atoms with van der Waals surface area (Å²) in [6.07, 6.45) is 2.84. The summed E-state index contributed by atoms with van der Waals surface area (Å²) in [5.74, 6) is 0.240. The number of halogens is 1. The van der Waals surface area contributed by atoms with Crippen LogP contribution in [0.1, 0.15) is 40.0 Å². The molecule has 1 rings (SSSR count). The van der Waals surface area contributed by atoms with Gasteiger partial charge in [0.25, 0.3) is 0 Å². The minimum absolute atomic E-state index is 0.0572. The van der Waals surface area contributed by atoms with E-state index >= 15 is 0 Å². The minimum Gasteiger partial charge on any atom is -0.490 e. The molecular formula is C14H22FNO2. The minimum atomic E-state index is -0.448. The zero-order valence-electron chi connectivity index (χ0n) is 11.3. The lowest BCUT2D eigenvalue weighted by Gasteiger charge is -2.17. The topological polar surface area (TPSA) is 44.5 Å². The van der Waals surface area contributed by atoms with Crippen molar-refractivity contribution in [2.75, 3.05) is 12.3 Å². The van der Waals surface area contributed by atoms with Gasteiger partial charge in [-0.1, -0.05) is 20.3 Å². The van der Waals surface area contributed by atoms with Crippen molar-refractivity contribution in [1.29, 1.82) is 0 Å². The van der Waals surface area contributed by atoms with Crippen molar-refractivity contribution in [3.63, 3.8) is 0 Å². The molecule has 0 amide bonds. The Labute approximate surface area is 108 Å². The zero-order chi connectivity index (χ0) is 13.5. The average molecular weight is 255 g/mol. The number of ether oxygens (including phenoxy) is 2. The summed E-state index contributed by atoms with van der Waals surface area (Å²) < 4.78 is 24.6. The van der Waals surface area contributed by atoms with E-state index in [4.69, 9.17) is 15.2 Å². The van der Waals surface area contributed by atoms with Crippen LogP contribution >= 0.6 is 0 Å². The third kappa shape index (κ3) is 4.09. The van der Waals surface area contributed by atoms with Crippen molar-refractivity contribution in [1.82, 2.24) is 0 Å². The molecule has 0 radical (unpaired) electrons. The van der Waals surface area contributed by atoms with Crippen molar-refractivity contribution >= 4 is 5.69 Å². The summed E-state index contributed by atoms with van der Waals surface area (Å²) in [5.41, 5.74) is 6.05. The van der Waals surface area contributed by atoms with Crippen molar-refractivity contribution in [2.45, 2.75) is 46.1 Å². The van der Waals surface area contributed by atoms with Gasteiger partial charge in [0.15, 0.2) is 11.6 Å². The first-order valence-corrected chi connectivity index (χ1v) is 6.46. The summed E-state index contributed by atoms with van der Waals surface area (Å²) in [7, 11) is 0. The van der Waals surface area contributed by atoms with Gasteiger partial charge in [-0.15, -0.1) is 0 Å². The standard InChI is InChI=1S/C14H22FNO2/c1-4-6-10(3)18-14-9-13(17-7-5-2)11(15)8-12(14)16/h8-10H,4-7,16H2,1-3H3. The van der Waals surface area contributed by atoms with Gasteiger partial charge >= 0.3 is 0 Å². The first kappa shape index (κ1) is 14.6. The molecule has 0 bridgehead atoms. The van der Waals surface area contributed by atoms with Crippen LogP contribution in [0.3, 0.4) is 0 Å². The van der Waals surface area contributed by atoms with Crippen LogP contribution < -0.4 is 15.2 Å². The molecule has 0 aliphatic rings. The maximum absolute atomic E-state index is 13.6. The van der Waals surface area contributed by atoms with Crippen LogP contribution in [0.4, 0.5) is 10.1 Å². The molecule has 0 saturated carbocycles. The van der Waals surface area contributed by atoms with E-state index in [0.29, 0.717) is 18.0 Å². The largest absolute Gasteiger partial charge is 0.490 e. The number of nitrogens with two attached hydrogens (primary N) is 1. The smallest absolute Gasteiger partial charge is 0.167 e. The van der Waals surface area contributed by atoms with Crippen LogP contribution in [0, 0.1) is 5.82 Å². The molecule has 1 unspecified atom stereocenters. The fraction of sp³-hybridized carbons (Fsp3) is 0.571. The summed E-state index contributed by atoms with van der Waals surface area (Å²) in [4.78, 5) is 0. The van der Waals surface area contributed by atoms with Gasteiger partial charge in [0.2, 0.25) is 0 Å². The van der Waals surface area contributed by atoms with Gasteiger partial charge in [-0.25, -0.2) is 4.39 Å². The molecule has 0 aromatic heterocycles. The van der Waals surface area contributed by atoms with E-state index in [2.05, 4.69) is 6.92 Å². The first-order valence-electron chi connectivity index (χ1n) is 6.46. The van der Waals surface area contributed by atoms with Crippen molar-refractivity contribution in [3.8, 4) is 11.5 Å². The number of rotatable bonds is 7. The molecule has 0 heterocycles. The van der Waals surface area contributed by atoms with Gasteiger partial charge in [0, 0.05) is 12.1 Å². The second-order valence-electron chi connectivity index (χ2n) is 4.39. The van der Waals surface area contributed by atoms with E-state index in [0.717, 1.165) is 19.3 Å². The molecule has 3 nitrogen and oxygen atoms in total. The zero-order valence-corrected chi connectivity index (χ0v) is 11.3. The van der Waals surface area contributed by atoms with Crippen molar-refractivity contribution < 1.29 is 13.9 Å². The highest BCUT2D eigenvalue weighted by Crippen LogP contribution is 2.31. The summed E-state index contributed by atoms with van der Waals surface area (Å²) in [6, 6.07) is 2.78. The van der Waals surface area contributed by atoms with E-state index in [1.807, 2.05) is 13.8 Å². The molecule has 1 aromatic carbocycles. The third-order valence-electron chi connectivity index (χ3n) is 2.55. The Kier molecular flexibility index (Phi) is 5.75. The lowest BCUT2D eigenvalue weighted by atomic mass is 10.2. The Bertz CT molecular complexity index is 382. The van der Waals surface area contributed by atoms with Crippen LogP contribution in [0.2, 0.25) is 0 Å². The number of hydrogen-bond donors (Lipinski definition) is 1. The Morgan fingerprint density at radius 2 is 1.94 bits per heavy atom. The lowest BCUT2D eigenvalue weighted by Crippen LogP contribution is -2.12. The second-order valence-corrected chi connectivity index (χ2v) is 4.39. The predicted octanol–water partition coefficient (Wildman–Crippen LogP) is 3.76. The molecule has 1 atom stereocenters. The third-order valence-corrected chi connectivity index (χ3v) is 2.55. The first-order chi connectivity index (χ1) is 8.58. The Hall–Kier alpha value is -1.45. The SMILES string of the molecule is CCCOc1cc(OC(C)CCC)c(N)cc1F. The maximum Gasteiger partial charge on any atom is 0.167 e. The molecule has 0 aliphatic heterocycles. The Balaban J connectivity index is 2.83. The number of nitrogen functional groups attached to an aromatic ring is 1. The van der Waals surface area contributed by atoms with Crippen LogP contribution in [0.25, 0.3) is 0 Å². The molecule has 102 valence electrons. The van der Waals surface area contributed by atoms with Crippen LogP contribution in [-0.2, 0) is 0 Å². The fourth-order valence-electron chi connectivity index (χ4n) is 1.66. The maximum atomic E-state index is 13.6. The van der Waals surface area contributed by atoms with E-state index < -0.39 is 5.82 Å². The highest BCUT2D eigenvalue weighted by Gasteiger charge is 2.12. The highest BCUT2D eigenvalue weighted by atomic mass is 19.1. The Morgan fingerprint density at radius 1 is 1.22 bits per heavy atom. The number of anilines is 1. The predicted molar refractivity (Wildman–Crippen MR) is 71.6 cm³/mol. The normalized spacial score (nSPS) is 12.2. The van der Waals surface area contributed by atoms with E-state index in [9.17, 15) is 4.39 Å². The van der Waals surface area contributed by atoms with E-state index in [1.165, 1.54) is 12.1 Å². The highest BCUT2D eigenvalue weighted by molar-refractivity contribution is 5.56. The summed E-state index contributed by atoms with van der Waals surface area (Å²) in [5, 5.41) is 0. The van der Waals surface area contributed by atoms with Crippen LogP contribution in [-0.4, -0.2) is 12.7 Å². The number of hydrogen-bond acceptors (Lipinski definition) is 3. The van der Waals surface area contributed by atoms with E-state index in [-0.39, 0.29) is 11.9 Å². The molecule has 0 fully saturated rings. The van der Waals surface area contributed by atoms with Gasteiger partial charge in [0.05, 0.1) is 18.4 Å². The van der Waals surface area contributed by atoms with Gasteiger partial charge in [-0.2, -0.15) is 0 Å². The average Bonchev–Trinajstić information content (AvgIpc) is 2.31. The van der Waals surface area contributed by atoms with Gasteiger partial charge in [-0.05, 0) is 19.8 Å².